The first-order valence-corrected chi connectivity index (χ1v) is 9.42. The van der Waals surface area contributed by atoms with Crippen LogP contribution >= 0.6 is 11.6 Å². The maximum Gasteiger partial charge on any atom is 0.243 e. The molecular weight excluding hydrogens is 383 g/mol. The quantitative estimate of drug-likeness (QED) is 0.775. The molecule has 0 aliphatic carbocycles. The van der Waals surface area contributed by atoms with Gasteiger partial charge in [-0.2, -0.15) is 0 Å². The molecule has 0 aromatic heterocycles. The summed E-state index contributed by atoms with van der Waals surface area (Å²) in [5.41, 5.74) is 1.56. The van der Waals surface area contributed by atoms with E-state index in [9.17, 15) is 14.0 Å². The van der Waals surface area contributed by atoms with Crippen LogP contribution in [0.4, 0.5) is 15.8 Å². The molecule has 3 rings (SSSR count). The largest absolute Gasteiger partial charge is 0.369 e. The van der Waals surface area contributed by atoms with E-state index in [1.807, 2.05) is 29.2 Å². The summed E-state index contributed by atoms with van der Waals surface area (Å²) in [6.07, 6.45) is 0. The van der Waals surface area contributed by atoms with Crippen molar-refractivity contribution in [2.24, 2.45) is 0 Å². The van der Waals surface area contributed by atoms with E-state index < -0.39 is 0 Å². The third kappa shape index (κ3) is 5.94. The Hall–Kier alpha value is -2.64. The number of amides is 2. The molecule has 2 aromatic rings. The molecule has 2 N–H and O–H groups in total. The van der Waals surface area contributed by atoms with E-state index in [2.05, 4.69) is 15.5 Å². The Morgan fingerprint density at radius 2 is 1.71 bits per heavy atom. The van der Waals surface area contributed by atoms with Gasteiger partial charge in [-0.3, -0.25) is 14.5 Å². The second-order valence-electron chi connectivity index (χ2n) is 6.57. The van der Waals surface area contributed by atoms with Gasteiger partial charge in [-0.25, -0.2) is 4.39 Å². The van der Waals surface area contributed by atoms with Gasteiger partial charge in [0.1, 0.15) is 5.82 Å². The number of hydrogen-bond donors (Lipinski definition) is 2. The van der Waals surface area contributed by atoms with E-state index in [4.69, 9.17) is 11.6 Å². The zero-order chi connectivity index (χ0) is 19.9. The lowest BCUT2D eigenvalue weighted by Crippen LogP contribution is -2.50. The van der Waals surface area contributed by atoms with Gasteiger partial charge in [-0.15, -0.1) is 0 Å². The monoisotopic (exact) mass is 404 g/mol. The molecule has 28 heavy (non-hydrogen) atoms. The third-order valence-corrected chi connectivity index (χ3v) is 4.72. The Balaban J connectivity index is 1.37. The summed E-state index contributed by atoms with van der Waals surface area (Å²) in [6, 6.07) is 13.2. The van der Waals surface area contributed by atoms with E-state index in [1.165, 1.54) is 24.3 Å². The van der Waals surface area contributed by atoms with Crippen LogP contribution in [0.5, 0.6) is 0 Å². The molecule has 148 valence electrons. The van der Waals surface area contributed by atoms with Crippen molar-refractivity contribution in [1.29, 1.82) is 0 Å². The Morgan fingerprint density at radius 3 is 2.39 bits per heavy atom. The highest BCUT2D eigenvalue weighted by Crippen LogP contribution is 2.20. The zero-order valence-electron chi connectivity index (χ0n) is 15.3. The SMILES string of the molecule is O=C(CN1CCN(c2cccc(Cl)c2)CC1)NCC(=O)Nc1ccc(F)cc1. The van der Waals surface area contributed by atoms with E-state index in [-0.39, 0.29) is 30.7 Å². The minimum atomic E-state index is -0.373. The third-order valence-electron chi connectivity index (χ3n) is 4.49. The number of carbonyl (C=O) groups is 2. The minimum absolute atomic E-state index is 0.126. The van der Waals surface area contributed by atoms with E-state index in [1.54, 1.807) is 0 Å². The van der Waals surface area contributed by atoms with Gasteiger partial charge in [0.05, 0.1) is 13.1 Å². The van der Waals surface area contributed by atoms with Crippen LogP contribution in [0.3, 0.4) is 0 Å². The van der Waals surface area contributed by atoms with Crippen molar-refractivity contribution in [3.8, 4) is 0 Å². The van der Waals surface area contributed by atoms with E-state index in [0.29, 0.717) is 10.7 Å². The van der Waals surface area contributed by atoms with Gasteiger partial charge in [0.15, 0.2) is 0 Å². The molecular formula is C20H22ClFN4O2. The Bertz CT molecular complexity index is 823. The first-order valence-electron chi connectivity index (χ1n) is 9.04. The summed E-state index contributed by atoms with van der Waals surface area (Å²) < 4.78 is 12.9. The minimum Gasteiger partial charge on any atom is -0.369 e. The maximum absolute atomic E-state index is 12.9. The summed E-state index contributed by atoms with van der Waals surface area (Å²) >= 11 is 6.04. The average molecular weight is 405 g/mol. The summed E-state index contributed by atoms with van der Waals surface area (Å²) in [5.74, 6) is -0.932. The average Bonchev–Trinajstić information content (AvgIpc) is 2.69. The van der Waals surface area contributed by atoms with Gasteiger partial charge in [0.25, 0.3) is 0 Å². The molecule has 0 radical (unpaired) electrons. The van der Waals surface area contributed by atoms with E-state index >= 15 is 0 Å². The highest BCUT2D eigenvalue weighted by Gasteiger charge is 2.19. The molecule has 1 heterocycles. The molecule has 1 aliphatic heterocycles. The van der Waals surface area contributed by atoms with Gasteiger partial charge in [0.2, 0.25) is 11.8 Å². The van der Waals surface area contributed by atoms with Crippen LogP contribution in [0.25, 0.3) is 0 Å². The molecule has 0 unspecified atom stereocenters. The van der Waals surface area contributed by atoms with Crippen LogP contribution in [-0.2, 0) is 9.59 Å². The summed E-state index contributed by atoms with van der Waals surface area (Å²) in [6.45, 7) is 3.23. The summed E-state index contributed by atoms with van der Waals surface area (Å²) in [4.78, 5) is 28.2. The number of carbonyl (C=O) groups excluding carboxylic acids is 2. The van der Waals surface area contributed by atoms with Gasteiger partial charge < -0.3 is 15.5 Å². The fourth-order valence-corrected chi connectivity index (χ4v) is 3.20. The molecule has 2 aromatic carbocycles. The number of anilines is 2. The number of rotatable bonds is 6. The van der Waals surface area contributed by atoms with Crippen molar-refractivity contribution in [2.45, 2.75) is 0 Å². The van der Waals surface area contributed by atoms with Crippen molar-refractivity contribution in [3.05, 3.63) is 59.4 Å². The normalized spacial score (nSPS) is 14.6. The van der Waals surface area contributed by atoms with Crippen LogP contribution in [0.1, 0.15) is 0 Å². The Morgan fingerprint density at radius 1 is 1.00 bits per heavy atom. The molecule has 8 heteroatoms. The predicted molar refractivity (Wildman–Crippen MR) is 108 cm³/mol. The predicted octanol–water partition coefficient (Wildman–Crippen LogP) is 2.36. The molecule has 0 bridgehead atoms. The first kappa shape index (κ1) is 20.1. The van der Waals surface area contributed by atoms with Crippen LogP contribution in [-0.4, -0.2) is 56.0 Å². The number of benzene rings is 2. The highest BCUT2D eigenvalue weighted by atomic mass is 35.5. The van der Waals surface area contributed by atoms with Gasteiger partial charge in [0, 0.05) is 42.6 Å². The number of nitrogens with one attached hydrogen (secondary N) is 2. The van der Waals surface area contributed by atoms with E-state index in [0.717, 1.165) is 31.9 Å². The summed E-state index contributed by atoms with van der Waals surface area (Å²) in [5, 5.41) is 5.93. The fourth-order valence-electron chi connectivity index (χ4n) is 3.01. The molecule has 1 fully saturated rings. The summed E-state index contributed by atoms with van der Waals surface area (Å²) in [7, 11) is 0. The lowest BCUT2D eigenvalue weighted by atomic mass is 10.2. The lowest BCUT2D eigenvalue weighted by Gasteiger charge is -2.35. The second-order valence-corrected chi connectivity index (χ2v) is 7.01. The molecule has 1 saturated heterocycles. The van der Waals surface area contributed by atoms with Crippen molar-refractivity contribution >= 4 is 34.8 Å². The number of hydrogen-bond acceptors (Lipinski definition) is 4. The number of halogens is 2. The molecule has 0 atom stereocenters. The van der Waals surface area contributed by atoms with Crippen molar-refractivity contribution in [3.63, 3.8) is 0 Å². The van der Waals surface area contributed by atoms with Gasteiger partial charge in [-0.1, -0.05) is 17.7 Å². The van der Waals surface area contributed by atoms with Gasteiger partial charge >= 0.3 is 0 Å². The van der Waals surface area contributed by atoms with Crippen molar-refractivity contribution < 1.29 is 14.0 Å². The second kappa shape index (κ2) is 9.52. The molecule has 2 amide bonds. The number of nitrogens with zero attached hydrogens (tertiary/aromatic N) is 2. The zero-order valence-corrected chi connectivity index (χ0v) is 16.1. The maximum atomic E-state index is 12.9. The Kier molecular flexibility index (Phi) is 6.84. The lowest BCUT2D eigenvalue weighted by molar-refractivity contribution is -0.125. The van der Waals surface area contributed by atoms with Crippen LogP contribution in [0.2, 0.25) is 5.02 Å². The van der Waals surface area contributed by atoms with Crippen molar-refractivity contribution in [2.75, 3.05) is 49.5 Å². The fraction of sp³-hybridized carbons (Fsp3) is 0.300. The molecule has 0 saturated carbocycles. The smallest absolute Gasteiger partial charge is 0.243 e. The first-order chi connectivity index (χ1) is 13.5. The van der Waals surface area contributed by atoms with Crippen LogP contribution < -0.4 is 15.5 Å². The molecule has 1 aliphatic rings. The topological polar surface area (TPSA) is 64.7 Å². The van der Waals surface area contributed by atoms with Crippen molar-refractivity contribution in [1.82, 2.24) is 10.2 Å². The number of piperazine rings is 1. The molecule has 0 spiro atoms. The molecule has 6 nitrogen and oxygen atoms in total. The highest BCUT2D eigenvalue weighted by molar-refractivity contribution is 6.30. The standard InChI is InChI=1S/C20H22ClFN4O2/c21-15-2-1-3-18(12-15)26-10-8-25(9-11-26)14-20(28)23-13-19(27)24-17-6-4-16(22)5-7-17/h1-7,12H,8-11,13-14H2,(H,23,28)(H,24,27). The van der Waals surface area contributed by atoms with Gasteiger partial charge in [-0.05, 0) is 42.5 Å². The van der Waals surface area contributed by atoms with Crippen LogP contribution in [0, 0.1) is 5.82 Å². The Labute approximate surface area is 168 Å². The van der Waals surface area contributed by atoms with Crippen LogP contribution in [0.15, 0.2) is 48.5 Å².